The number of unbranched alkanes of at least 4 members (excludes halogenated alkanes) is 1. The number of aromatic nitrogens is 2. The maximum Gasteiger partial charge on any atom is 0.224 e. The number of rotatable bonds is 11. The third-order valence-electron chi connectivity index (χ3n) is 5.86. The molecule has 0 saturated carbocycles. The lowest BCUT2D eigenvalue weighted by atomic mass is 9.93. The molecule has 0 bridgehead atoms. The van der Waals surface area contributed by atoms with Gasteiger partial charge < -0.3 is 19.8 Å². The molecule has 2 heterocycles. The average Bonchev–Trinajstić information content (AvgIpc) is 3.23. The molecule has 1 saturated heterocycles. The van der Waals surface area contributed by atoms with Crippen molar-refractivity contribution < 1.29 is 14.3 Å². The molecule has 1 aliphatic heterocycles. The molecular weight excluding hydrogens is 392 g/mol. The normalized spacial score (nSPS) is 16.8. The number of benzene rings is 1. The van der Waals surface area contributed by atoms with E-state index >= 15 is 0 Å². The third kappa shape index (κ3) is 7.28. The van der Waals surface area contributed by atoms with Crippen LogP contribution in [0.15, 0.2) is 24.4 Å². The monoisotopic (exact) mass is 428 g/mol. The minimum Gasteiger partial charge on any atom is -0.497 e. The van der Waals surface area contributed by atoms with Crippen molar-refractivity contribution in [2.24, 2.45) is 5.92 Å². The summed E-state index contributed by atoms with van der Waals surface area (Å²) in [6, 6.07) is 5.41. The quantitative estimate of drug-likeness (QED) is 0.555. The van der Waals surface area contributed by atoms with Crippen LogP contribution in [0.1, 0.15) is 57.0 Å². The number of nitrogens with one attached hydrogen (secondary N) is 2. The number of likely N-dealkylation sites (tertiary alicyclic amines) is 1. The Hall–Kier alpha value is -2.54. The topological polar surface area (TPSA) is 79.5 Å². The van der Waals surface area contributed by atoms with Crippen molar-refractivity contribution in [2.45, 2.75) is 58.4 Å². The first-order valence-corrected chi connectivity index (χ1v) is 11.4. The number of piperidine rings is 1. The number of methoxy groups -OCH3 is 2. The van der Waals surface area contributed by atoms with E-state index in [4.69, 9.17) is 9.47 Å². The van der Waals surface area contributed by atoms with Crippen LogP contribution in [0, 0.1) is 5.92 Å². The summed E-state index contributed by atoms with van der Waals surface area (Å²) >= 11 is 0. The molecule has 3 rings (SSSR count). The molecule has 1 amide bonds. The van der Waals surface area contributed by atoms with E-state index in [1.165, 1.54) is 31.4 Å². The SMILES string of the molecule is CCCCc1ncc(CN2CCCC(CCC(=O)Nc3cc(OC)cc(OC)c3)C2)[nH]1. The number of hydrogen-bond acceptors (Lipinski definition) is 5. The zero-order valence-electron chi connectivity index (χ0n) is 19.1. The van der Waals surface area contributed by atoms with Crippen LogP contribution < -0.4 is 14.8 Å². The molecule has 1 fully saturated rings. The predicted molar refractivity (Wildman–Crippen MR) is 123 cm³/mol. The minimum absolute atomic E-state index is 0.0292. The Balaban J connectivity index is 1.45. The number of ether oxygens (including phenoxy) is 2. The third-order valence-corrected chi connectivity index (χ3v) is 5.86. The van der Waals surface area contributed by atoms with Gasteiger partial charge in [-0.15, -0.1) is 0 Å². The number of aryl methyl sites for hydroxylation is 1. The second-order valence-electron chi connectivity index (χ2n) is 8.39. The van der Waals surface area contributed by atoms with Gasteiger partial charge >= 0.3 is 0 Å². The molecule has 1 aliphatic rings. The molecule has 1 unspecified atom stereocenters. The highest BCUT2D eigenvalue weighted by molar-refractivity contribution is 5.91. The molecule has 1 atom stereocenters. The number of anilines is 1. The Morgan fingerprint density at radius 3 is 2.74 bits per heavy atom. The summed E-state index contributed by atoms with van der Waals surface area (Å²) in [6.45, 7) is 5.25. The largest absolute Gasteiger partial charge is 0.497 e. The van der Waals surface area contributed by atoms with E-state index in [1.807, 2.05) is 18.3 Å². The van der Waals surface area contributed by atoms with Crippen LogP contribution in [0.2, 0.25) is 0 Å². The van der Waals surface area contributed by atoms with Gasteiger partial charge in [-0.05, 0) is 38.1 Å². The number of carbonyl (C=O) groups is 1. The Bertz CT molecular complexity index is 814. The van der Waals surface area contributed by atoms with E-state index in [1.54, 1.807) is 20.3 Å². The zero-order valence-corrected chi connectivity index (χ0v) is 19.1. The Morgan fingerprint density at radius 2 is 2.03 bits per heavy atom. The van der Waals surface area contributed by atoms with E-state index in [0.29, 0.717) is 29.5 Å². The molecule has 170 valence electrons. The van der Waals surface area contributed by atoms with Crippen molar-refractivity contribution in [3.05, 3.63) is 35.9 Å². The Kier molecular flexibility index (Phi) is 8.76. The van der Waals surface area contributed by atoms with Crippen LogP contribution in [0.25, 0.3) is 0 Å². The van der Waals surface area contributed by atoms with Gasteiger partial charge in [-0.25, -0.2) is 4.98 Å². The highest BCUT2D eigenvalue weighted by Gasteiger charge is 2.21. The van der Waals surface area contributed by atoms with Crippen molar-refractivity contribution in [1.29, 1.82) is 0 Å². The number of nitrogens with zero attached hydrogens (tertiary/aromatic N) is 2. The number of amides is 1. The van der Waals surface area contributed by atoms with Crippen molar-refractivity contribution in [2.75, 3.05) is 32.6 Å². The lowest BCUT2D eigenvalue weighted by Crippen LogP contribution is -2.35. The Morgan fingerprint density at radius 1 is 1.26 bits per heavy atom. The first-order valence-electron chi connectivity index (χ1n) is 11.4. The molecule has 7 nitrogen and oxygen atoms in total. The first-order chi connectivity index (χ1) is 15.1. The fourth-order valence-electron chi connectivity index (χ4n) is 4.17. The van der Waals surface area contributed by atoms with Gasteiger partial charge in [0.25, 0.3) is 0 Å². The Labute approximate surface area is 185 Å². The minimum atomic E-state index is 0.0292. The van der Waals surface area contributed by atoms with Gasteiger partial charge in [-0.2, -0.15) is 0 Å². The van der Waals surface area contributed by atoms with Crippen LogP contribution in [0.5, 0.6) is 11.5 Å². The van der Waals surface area contributed by atoms with Gasteiger partial charge in [0.1, 0.15) is 17.3 Å². The molecule has 2 N–H and O–H groups in total. The van der Waals surface area contributed by atoms with Crippen molar-refractivity contribution in [3.63, 3.8) is 0 Å². The first kappa shape index (κ1) is 23.1. The zero-order chi connectivity index (χ0) is 22.1. The van der Waals surface area contributed by atoms with Crippen LogP contribution in [-0.4, -0.2) is 48.1 Å². The summed E-state index contributed by atoms with van der Waals surface area (Å²) in [6.07, 6.45) is 9.12. The lowest BCUT2D eigenvalue weighted by Gasteiger charge is -2.32. The number of carbonyl (C=O) groups excluding carboxylic acids is 1. The van der Waals surface area contributed by atoms with Crippen LogP contribution >= 0.6 is 0 Å². The maximum atomic E-state index is 12.5. The number of imidazole rings is 1. The predicted octanol–water partition coefficient (Wildman–Crippen LogP) is 4.40. The van der Waals surface area contributed by atoms with E-state index in [-0.39, 0.29) is 5.91 Å². The van der Waals surface area contributed by atoms with Crippen LogP contribution in [0.3, 0.4) is 0 Å². The molecule has 31 heavy (non-hydrogen) atoms. The molecule has 0 radical (unpaired) electrons. The summed E-state index contributed by atoms with van der Waals surface area (Å²) in [5, 5.41) is 2.98. The molecule has 7 heteroatoms. The van der Waals surface area contributed by atoms with Gasteiger partial charge in [-0.1, -0.05) is 13.3 Å². The van der Waals surface area contributed by atoms with Gasteiger partial charge in [0.15, 0.2) is 0 Å². The highest BCUT2D eigenvalue weighted by Crippen LogP contribution is 2.27. The number of hydrogen-bond donors (Lipinski definition) is 2. The standard InChI is InChI=1S/C24H36N4O3/c1-4-5-8-23-25-15-20(26-23)17-28-11-6-7-18(16-28)9-10-24(29)27-19-12-21(30-2)14-22(13-19)31-3/h12-15,18H,4-11,16-17H2,1-3H3,(H,25,26)(H,27,29). The summed E-state index contributed by atoms with van der Waals surface area (Å²) in [5.74, 6) is 2.99. The lowest BCUT2D eigenvalue weighted by molar-refractivity contribution is -0.116. The number of aromatic amines is 1. The maximum absolute atomic E-state index is 12.5. The van der Waals surface area contributed by atoms with Crippen molar-refractivity contribution in [1.82, 2.24) is 14.9 Å². The molecular formula is C24H36N4O3. The molecule has 0 aliphatic carbocycles. The smallest absolute Gasteiger partial charge is 0.224 e. The van der Waals surface area contributed by atoms with Gasteiger partial charge in [0, 0.05) is 61.7 Å². The summed E-state index contributed by atoms with van der Waals surface area (Å²) in [5.41, 5.74) is 1.89. The second kappa shape index (κ2) is 11.7. The van der Waals surface area contributed by atoms with E-state index in [0.717, 1.165) is 38.3 Å². The highest BCUT2D eigenvalue weighted by atomic mass is 16.5. The molecule has 1 aromatic carbocycles. The second-order valence-corrected chi connectivity index (χ2v) is 8.39. The summed E-state index contributed by atoms with van der Waals surface area (Å²) in [7, 11) is 3.20. The molecule has 2 aromatic rings. The van der Waals surface area contributed by atoms with Crippen LogP contribution in [0.4, 0.5) is 5.69 Å². The summed E-state index contributed by atoms with van der Waals surface area (Å²) < 4.78 is 10.5. The average molecular weight is 429 g/mol. The van der Waals surface area contributed by atoms with Gasteiger partial charge in [-0.3, -0.25) is 9.69 Å². The molecule has 1 aromatic heterocycles. The van der Waals surface area contributed by atoms with Gasteiger partial charge in [0.05, 0.1) is 14.2 Å². The van der Waals surface area contributed by atoms with E-state index < -0.39 is 0 Å². The van der Waals surface area contributed by atoms with Crippen LogP contribution in [-0.2, 0) is 17.8 Å². The summed E-state index contributed by atoms with van der Waals surface area (Å²) in [4.78, 5) is 23.0. The number of H-pyrrole nitrogens is 1. The molecule has 0 spiro atoms. The fraction of sp³-hybridized carbons (Fsp3) is 0.583. The van der Waals surface area contributed by atoms with Gasteiger partial charge in [0.2, 0.25) is 5.91 Å². The van der Waals surface area contributed by atoms with E-state index in [2.05, 4.69) is 27.1 Å². The van der Waals surface area contributed by atoms with Crippen molar-refractivity contribution in [3.8, 4) is 11.5 Å². The van der Waals surface area contributed by atoms with E-state index in [9.17, 15) is 4.79 Å². The van der Waals surface area contributed by atoms with Crippen molar-refractivity contribution >= 4 is 11.6 Å². The fourth-order valence-corrected chi connectivity index (χ4v) is 4.17.